The van der Waals surface area contributed by atoms with Gasteiger partial charge in [-0.25, -0.2) is 4.79 Å². The highest BCUT2D eigenvalue weighted by Crippen LogP contribution is 2.21. The van der Waals surface area contributed by atoms with Crippen LogP contribution >= 0.6 is 0 Å². The van der Waals surface area contributed by atoms with Crippen molar-refractivity contribution in [1.82, 2.24) is 15.5 Å². The Balaban J connectivity index is 1.92. The fourth-order valence-corrected chi connectivity index (χ4v) is 3.18. The SMILES string of the molecule is Cc1cc(C)c(NC(=O)CN(C)C(=O)N[C@H]2CCCCNC2=O)c(C)c1. The largest absolute Gasteiger partial charge is 0.354 e. The molecule has 7 nitrogen and oxygen atoms in total. The summed E-state index contributed by atoms with van der Waals surface area (Å²) in [6, 6.07) is 3.03. The molecule has 1 aromatic carbocycles. The van der Waals surface area contributed by atoms with E-state index in [1.807, 2.05) is 32.9 Å². The summed E-state index contributed by atoms with van der Waals surface area (Å²) in [4.78, 5) is 37.8. The van der Waals surface area contributed by atoms with Crippen LogP contribution in [0.5, 0.6) is 0 Å². The lowest BCUT2D eigenvalue weighted by Crippen LogP contribution is -2.50. The zero-order valence-electron chi connectivity index (χ0n) is 15.9. The highest BCUT2D eigenvalue weighted by atomic mass is 16.2. The van der Waals surface area contributed by atoms with E-state index in [0.717, 1.165) is 35.2 Å². The van der Waals surface area contributed by atoms with Gasteiger partial charge >= 0.3 is 6.03 Å². The van der Waals surface area contributed by atoms with Crippen molar-refractivity contribution in [1.29, 1.82) is 0 Å². The first-order valence-corrected chi connectivity index (χ1v) is 8.95. The third-order valence-electron chi connectivity index (χ3n) is 4.50. The number of amides is 4. The van der Waals surface area contributed by atoms with Crippen molar-refractivity contribution in [3.8, 4) is 0 Å². The van der Waals surface area contributed by atoms with Crippen LogP contribution in [0.15, 0.2) is 12.1 Å². The van der Waals surface area contributed by atoms with Crippen LogP contribution in [0.1, 0.15) is 36.0 Å². The van der Waals surface area contributed by atoms with E-state index in [2.05, 4.69) is 16.0 Å². The van der Waals surface area contributed by atoms with Gasteiger partial charge in [-0.1, -0.05) is 17.7 Å². The van der Waals surface area contributed by atoms with Crippen LogP contribution in [0.2, 0.25) is 0 Å². The Bertz CT molecular complexity index is 679. The second kappa shape index (κ2) is 8.69. The molecular weight excluding hydrogens is 332 g/mol. The van der Waals surface area contributed by atoms with E-state index in [4.69, 9.17) is 0 Å². The first-order valence-electron chi connectivity index (χ1n) is 8.95. The Labute approximate surface area is 154 Å². The number of likely N-dealkylation sites (N-methyl/N-ethyl adjacent to an activating group) is 1. The van der Waals surface area contributed by atoms with Crippen LogP contribution in [0, 0.1) is 20.8 Å². The first-order chi connectivity index (χ1) is 12.3. The summed E-state index contributed by atoms with van der Waals surface area (Å²) in [6.45, 7) is 6.44. The molecule has 0 aliphatic carbocycles. The van der Waals surface area contributed by atoms with Crippen molar-refractivity contribution in [2.45, 2.75) is 46.1 Å². The molecule has 1 aliphatic rings. The molecule has 0 saturated carbocycles. The average molecular weight is 360 g/mol. The van der Waals surface area contributed by atoms with Gasteiger partial charge in [-0.3, -0.25) is 9.59 Å². The average Bonchev–Trinajstić information content (AvgIpc) is 2.75. The van der Waals surface area contributed by atoms with Crippen molar-refractivity contribution < 1.29 is 14.4 Å². The van der Waals surface area contributed by atoms with Gasteiger partial charge < -0.3 is 20.9 Å². The molecule has 0 unspecified atom stereocenters. The number of nitrogens with one attached hydrogen (secondary N) is 3. The predicted octanol–water partition coefficient (Wildman–Crippen LogP) is 1.86. The number of urea groups is 1. The second-order valence-electron chi connectivity index (χ2n) is 6.97. The van der Waals surface area contributed by atoms with E-state index >= 15 is 0 Å². The summed E-state index contributed by atoms with van der Waals surface area (Å²) in [5.74, 6) is -0.442. The number of hydrogen-bond donors (Lipinski definition) is 3. The van der Waals surface area contributed by atoms with Crippen LogP contribution < -0.4 is 16.0 Å². The van der Waals surface area contributed by atoms with E-state index in [0.29, 0.717) is 13.0 Å². The molecule has 1 atom stereocenters. The van der Waals surface area contributed by atoms with E-state index in [1.54, 1.807) is 7.05 Å². The Hall–Kier alpha value is -2.57. The first kappa shape index (κ1) is 19.8. The van der Waals surface area contributed by atoms with Crippen molar-refractivity contribution in [3.05, 3.63) is 28.8 Å². The van der Waals surface area contributed by atoms with Gasteiger partial charge in [0.05, 0.1) is 0 Å². The molecule has 26 heavy (non-hydrogen) atoms. The lowest BCUT2D eigenvalue weighted by Gasteiger charge is -2.22. The minimum absolute atomic E-state index is 0.0903. The molecule has 1 saturated heterocycles. The lowest BCUT2D eigenvalue weighted by atomic mass is 10.1. The number of anilines is 1. The fourth-order valence-electron chi connectivity index (χ4n) is 3.18. The minimum Gasteiger partial charge on any atom is -0.354 e. The molecule has 1 fully saturated rings. The van der Waals surface area contributed by atoms with Gasteiger partial charge in [-0.2, -0.15) is 0 Å². The smallest absolute Gasteiger partial charge is 0.318 e. The molecule has 0 spiro atoms. The number of carbonyl (C=O) groups excluding carboxylic acids is 3. The lowest BCUT2D eigenvalue weighted by molar-refractivity contribution is -0.122. The third kappa shape index (κ3) is 5.21. The van der Waals surface area contributed by atoms with E-state index in [1.165, 1.54) is 4.90 Å². The number of aryl methyl sites for hydroxylation is 3. The van der Waals surface area contributed by atoms with Crippen molar-refractivity contribution in [2.75, 3.05) is 25.5 Å². The van der Waals surface area contributed by atoms with Crippen molar-refractivity contribution >= 4 is 23.5 Å². The normalized spacial score (nSPS) is 17.1. The molecule has 0 bridgehead atoms. The molecule has 0 radical (unpaired) electrons. The summed E-state index contributed by atoms with van der Waals surface area (Å²) < 4.78 is 0. The number of hydrogen-bond acceptors (Lipinski definition) is 3. The van der Waals surface area contributed by atoms with Gasteiger partial charge in [0, 0.05) is 19.3 Å². The van der Waals surface area contributed by atoms with Crippen LogP contribution in [0.3, 0.4) is 0 Å². The predicted molar refractivity (Wildman–Crippen MR) is 101 cm³/mol. The highest BCUT2D eigenvalue weighted by molar-refractivity contribution is 5.96. The number of carbonyl (C=O) groups is 3. The molecule has 142 valence electrons. The topological polar surface area (TPSA) is 90.5 Å². The van der Waals surface area contributed by atoms with Crippen LogP contribution in [-0.4, -0.2) is 48.9 Å². The Kier molecular flexibility index (Phi) is 6.60. The molecule has 4 amide bonds. The van der Waals surface area contributed by atoms with Gasteiger partial charge in [-0.15, -0.1) is 0 Å². The summed E-state index contributed by atoms with van der Waals surface area (Å²) in [7, 11) is 1.54. The molecule has 1 aromatic rings. The van der Waals surface area contributed by atoms with E-state index in [9.17, 15) is 14.4 Å². The second-order valence-corrected chi connectivity index (χ2v) is 6.97. The third-order valence-corrected chi connectivity index (χ3v) is 4.50. The Morgan fingerprint density at radius 1 is 1.19 bits per heavy atom. The van der Waals surface area contributed by atoms with Gasteiger partial charge in [-0.05, 0) is 51.2 Å². The quantitative estimate of drug-likeness (QED) is 0.765. The van der Waals surface area contributed by atoms with Gasteiger partial charge in [0.15, 0.2) is 0 Å². The molecule has 1 heterocycles. The van der Waals surface area contributed by atoms with E-state index < -0.39 is 12.1 Å². The summed E-state index contributed by atoms with van der Waals surface area (Å²) in [5, 5.41) is 8.35. The van der Waals surface area contributed by atoms with Gasteiger partial charge in [0.1, 0.15) is 12.6 Å². The Morgan fingerprint density at radius 2 is 1.85 bits per heavy atom. The number of rotatable bonds is 4. The number of nitrogens with zero attached hydrogens (tertiary/aromatic N) is 1. The maximum Gasteiger partial charge on any atom is 0.318 e. The molecule has 1 aliphatic heterocycles. The molecule has 2 rings (SSSR count). The summed E-state index contributed by atoms with van der Waals surface area (Å²) >= 11 is 0. The zero-order valence-corrected chi connectivity index (χ0v) is 15.9. The summed E-state index contributed by atoms with van der Waals surface area (Å²) in [5.41, 5.74) is 3.88. The fraction of sp³-hybridized carbons (Fsp3) is 0.526. The standard InChI is InChI=1S/C19H28N4O3/c1-12-9-13(2)17(14(3)10-12)22-16(24)11-23(4)19(26)21-15-7-5-6-8-20-18(15)25/h9-10,15H,5-8,11H2,1-4H3,(H,20,25)(H,21,26)(H,22,24)/t15-/m0/s1. The van der Waals surface area contributed by atoms with Crippen LogP contribution in [0.25, 0.3) is 0 Å². The highest BCUT2D eigenvalue weighted by Gasteiger charge is 2.24. The maximum atomic E-state index is 12.3. The molecule has 7 heteroatoms. The maximum absolute atomic E-state index is 12.3. The van der Waals surface area contributed by atoms with Crippen molar-refractivity contribution in [3.63, 3.8) is 0 Å². The monoisotopic (exact) mass is 360 g/mol. The minimum atomic E-state index is -0.544. The molecule has 3 N–H and O–H groups in total. The number of benzene rings is 1. The van der Waals surface area contributed by atoms with Crippen molar-refractivity contribution in [2.24, 2.45) is 0 Å². The van der Waals surface area contributed by atoms with Crippen LogP contribution in [0.4, 0.5) is 10.5 Å². The zero-order chi connectivity index (χ0) is 19.3. The Morgan fingerprint density at radius 3 is 2.50 bits per heavy atom. The molecule has 0 aromatic heterocycles. The van der Waals surface area contributed by atoms with Crippen LogP contribution in [-0.2, 0) is 9.59 Å². The molecular formula is C19H28N4O3. The van der Waals surface area contributed by atoms with E-state index in [-0.39, 0.29) is 18.4 Å². The van der Waals surface area contributed by atoms with Gasteiger partial charge in [0.2, 0.25) is 11.8 Å². The summed E-state index contributed by atoms with van der Waals surface area (Å²) in [6.07, 6.45) is 2.39. The van der Waals surface area contributed by atoms with Gasteiger partial charge in [0.25, 0.3) is 0 Å².